The number of aromatic nitrogens is 2. The van der Waals surface area contributed by atoms with Crippen LogP contribution < -0.4 is 10.6 Å². The summed E-state index contributed by atoms with van der Waals surface area (Å²) < 4.78 is 18.8. The molecule has 2 heterocycles. The number of halogens is 2. The molecule has 0 atom stereocenters. The summed E-state index contributed by atoms with van der Waals surface area (Å²) in [5, 5.41) is 6.62. The summed E-state index contributed by atoms with van der Waals surface area (Å²) in [6, 6.07) is 9.64. The number of carbonyl (C=O) groups excluding carboxylic acids is 1. The van der Waals surface area contributed by atoms with Crippen LogP contribution >= 0.6 is 11.6 Å². The predicted octanol–water partition coefficient (Wildman–Crippen LogP) is 4.61. The Bertz CT molecular complexity index is 1220. The Kier molecular flexibility index (Phi) is 8.26. The lowest BCUT2D eigenvalue weighted by Gasteiger charge is -2.26. The zero-order chi connectivity index (χ0) is 23.8. The van der Waals surface area contributed by atoms with Crippen LogP contribution in [-0.4, -0.2) is 53.6 Å². The topological polar surface area (TPSA) is 79.4 Å². The molecular weight excluding hydrogens is 457 g/mol. The van der Waals surface area contributed by atoms with Gasteiger partial charge in [-0.25, -0.2) is 14.4 Å². The van der Waals surface area contributed by atoms with Gasteiger partial charge in [0.1, 0.15) is 18.0 Å². The molecule has 0 unspecified atom stereocenters. The summed E-state index contributed by atoms with van der Waals surface area (Å²) in [6.45, 7) is 4.62. The minimum absolute atomic E-state index is 0.0102. The monoisotopic (exact) mass is 481 g/mol. The van der Waals surface area contributed by atoms with Gasteiger partial charge in [-0.15, -0.1) is 0 Å². The molecule has 0 radical (unpaired) electrons. The number of amides is 1. The van der Waals surface area contributed by atoms with Crippen molar-refractivity contribution in [2.45, 2.75) is 19.3 Å². The second-order valence-corrected chi connectivity index (χ2v) is 8.28. The first kappa shape index (κ1) is 23.9. The van der Waals surface area contributed by atoms with Crippen LogP contribution in [0.5, 0.6) is 0 Å². The Morgan fingerprint density at radius 1 is 1.12 bits per heavy atom. The van der Waals surface area contributed by atoms with Gasteiger partial charge in [-0.1, -0.05) is 17.5 Å². The minimum atomic E-state index is -0.497. The molecule has 1 aliphatic rings. The maximum absolute atomic E-state index is 13.4. The van der Waals surface area contributed by atoms with Gasteiger partial charge in [0.25, 0.3) is 5.91 Å². The minimum Gasteiger partial charge on any atom is -0.379 e. The average Bonchev–Trinajstić information content (AvgIpc) is 2.84. The Labute approximate surface area is 202 Å². The average molecular weight is 482 g/mol. The van der Waals surface area contributed by atoms with Crippen LogP contribution in [0.15, 0.2) is 42.7 Å². The molecule has 176 valence electrons. The number of hydrogen-bond acceptors (Lipinski definition) is 6. The molecule has 2 aromatic carbocycles. The SMILES string of the molecule is O=C(C#CCCCCN1CCOCC1)Nc1ccc2ncnc(Nc3ccc(F)c(Cl)c3)c2c1. The van der Waals surface area contributed by atoms with Gasteiger partial charge < -0.3 is 15.4 Å². The number of fused-ring (bicyclic) bond motifs is 1. The van der Waals surface area contributed by atoms with Crippen molar-refractivity contribution >= 4 is 45.6 Å². The molecule has 3 aromatic rings. The van der Waals surface area contributed by atoms with Crippen molar-refractivity contribution in [3.8, 4) is 11.8 Å². The fraction of sp³-hybridized carbons (Fsp3) is 0.320. The van der Waals surface area contributed by atoms with Crippen LogP contribution in [0, 0.1) is 17.7 Å². The number of hydrogen-bond donors (Lipinski definition) is 2. The lowest BCUT2D eigenvalue weighted by atomic mass is 10.2. The van der Waals surface area contributed by atoms with Crippen molar-refractivity contribution in [3.63, 3.8) is 0 Å². The van der Waals surface area contributed by atoms with E-state index in [2.05, 4.69) is 37.3 Å². The molecule has 7 nitrogen and oxygen atoms in total. The zero-order valence-electron chi connectivity index (χ0n) is 18.6. The van der Waals surface area contributed by atoms with E-state index in [1.54, 1.807) is 24.3 Å². The Balaban J connectivity index is 1.34. The lowest BCUT2D eigenvalue weighted by molar-refractivity contribution is -0.111. The highest BCUT2D eigenvalue weighted by molar-refractivity contribution is 6.31. The fourth-order valence-electron chi connectivity index (χ4n) is 3.62. The Hall–Kier alpha value is -3.25. The van der Waals surface area contributed by atoms with Gasteiger partial charge in [0.15, 0.2) is 0 Å². The number of carbonyl (C=O) groups is 1. The van der Waals surface area contributed by atoms with E-state index in [1.165, 1.54) is 18.5 Å². The van der Waals surface area contributed by atoms with Gasteiger partial charge >= 0.3 is 0 Å². The fourth-order valence-corrected chi connectivity index (χ4v) is 3.80. The highest BCUT2D eigenvalue weighted by Gasteiger charge is 2.10. The van der Waals surface area contributed by atoms with Crippen molar-refractivity contribution in [2.75, 3.05) is 43.5 Å². The van der Waals surface area contributed by atoms with E-state index in [1.807, 2.05) is 0 Å². The summed E-state index contributed by atoms with van der Waals surface area (Å²) in [7, 11) is 0. The number of nitrogens with one attached hydrogen (secondary N) is 2. The Morgan fingerprint density at radius 3 is 2.76 bits per heavy atom. The first-order valence-electron chi connectivity index (χ1n) is 11.2. The molecule has 1 aliphatic heterocycles. The molecule has 9 heteroatoms. The van der Waals surface area contributed by atoms with Crippen molar-refractivity contribution in [3.05, 3.63) is 53.6 Å². The maximum Gasteiger partial charge on any atom is 0.300 e. The second-order valence-electron chi connectivity index (χ2n) is 7.88. The van der Waals surface area contributed by atoms with Crippen LogP contribution in [0.1, 0.15) is 19.3 Å². The molecule has 1 aromatic heterocycles. The molecular formula is C25H25ClFN5O2. The lowest BCUT2D eigenvalue weighted by Crippen LogP contribution is -2.36. The molecule has 0 spiro atoms. The van der Waals surface area contributed by atoms with E-state index in [4.69, 9.17) is 16.3 Å². The molecule has 34 heavy (non-hydrogen) atoms. The molecule has 1 saturated heterocycles. The number of nitrogens with zero attached hydrogens (tertiary/aromatic N) is 3. The van der Waals surface area contributed by atoms with Crippen LogP contribution in [-0.2, 0) is 9.53 Å². The van der Waals surface area contributed by atoms with Crippen LogP contribution in [0.4, 0.5) is 21.6 Å². The number of ether oxygens (including phenoxy) is 1. The smallest absolute Gasteiger partial charge is 0.300 e. The van der Waals surface area contributed by atoms with E-state index in [0.717, 1.165) is 45.7 Å². The second kappa shape index (κ2) is 11.7. The molecule has 0 bridgehead atoms. The third-order valence-electron chi connectivity index (χ3n) is 5.41. The first-order chi connectivity index (χ1) is 16.6. The highest BCUT2D eigenvalue weighted by Crippen LogP contribution is 2.27. The molecule has 0 aliphatic carbocycles. The van der Waals surface area contributed by atoms with Crippen LogP contribution in [0.25, 0.3) is 10.9 Å². The van der Waals surface area contributed by atoms with Gasteiger partial charge in [-0.3, -0.25) is 9.69 Å². The van der Waals surface area contributed by atoms with Gasteiger partial charge in [0.05, 0.1) is 23.8 Å². The number of rotatable bonds is 7. The number of unbranched alkanes of at least 4 members (excludes halogenated alkanes) is 2. The van der Waals surface area contributed by atoms with E-state index >= 15 is 0 Å². The van der Waals surface area contributed by atoms with Crippen LogP contribution in [0.3, 0.4) is 0 Å². The van der Waals surface area contributed by atoms with Crippen LogP contribution in [0.2, 0.25) is 5.02 Å². The molecule has 1 amide bonds. The third-order valence-corrected chi connectivity index (χ3v) is 5.70. The summed E-state index contributed by atoms with van der Waals surface area (Å²) >= 11 is 5.87. The summed E-state index contributed by atoms with van der Waals surface area (Å²) in [4.78, 5) is 23.2. The number of anilines is 3. The van der Waals surface area contributed by atoms with Gasteiger partial charge in [0, 0.05) is 36.3 Å². The van der Waals surface area contributed by atoms with E-state index in [9.17, 15) is 9.18 Å². The van der Waals surface area contributed by atoms with E-state index in [-0.39, 0.29) is 10.9 Å². The molecule has 4 rings (SSSR count). The standard InChI is InChI=1S/C25H25ClFN5O2/c26-21-16-19(6-8-22(21)27)31-25-20-15-18(7-9-23(20)28-17-29-25)30-24(33)5-3-1-2-4-10-32-11-13-34-14-12-32/h6-9,15-17H,1-2,4,10-14H2,(H,30,33)(H,28,29,31). The zero-order valence-corrected chi connectivity index (χ0v) is 19.4. The highest BCUT2D eigenvalue weighted by atomic mass is 35.5. The normalized spacial score (nSPS) is 13.8. The number of benzene rings is 2. The quantitative estimate of drug-likeness (QED) is 0.379. The van der Waals surface area contributed by atoms with Crippen molar-refractivity contribution in [1.29, 1.82) is 0 Å². The van der Waals surface area contributed by atoms with Gasteiger partial charge in [0.2, 0.25) is 0 Å². The van der Waals surface area contributed by atoms with E-state index in [0.29, 0.717) is 34.5 Å². The van der Waals surface area contributed by atoms with Crippen molar-refractivity contribution in [1.82, 2.24) is 14.9 Å². The largest absolute Gasteiger partial charge is 0.379 e. The van der Waals surface area contributed by atoms with Crippen molar-refractivity contribution < 1.29 is 13.9 Å². The molecule has 1 fully saturated rings. The Morgan fingerprint density at radius 2 is 1.94 bits per heavy atom. The third kappa shape index (κ3) is 6.64. The summed E-state index contributed by atoms with van der Waals surface area (Å²) in [5.74, 6) is 5.24. The van der Waals surface area contributed by atoms with Gasteiger partial charge in [-0.05, 0) is 61.7 Å². The molecule has 0 saturated carbocycles. The molecule has 2 N–H and O–H groups in total. The first-order valence-corrected chi connectivity index (χ1v) is 11.5. The summed E-state index contributed by atoms with van der Waals surface area (Å²) in [5.41, 5.74) is 1.85. The maximum atomic E-state index is 13.4. The number of morpholine rings is 1. The van der Waals surface area contributed by atoms with Crippen molar-refractivity contribution in [2.24, 2.45) is 0 Å². The predicted molar refractivity (Wildman–Crippen MR) is 132 cm³/mol. The summed E-state index contributed by atoms with van der Waals surface area (Å²) in [6.07, 6.45) is 4.11. The van der Waals surface area contributed by atoms with Gasteiger partial charge in [-0.2, -0.15) is 0 Å². The van der Waals surface area contributed by atoms with E-state index < -0.39 is 5.82 Å².